The Kier molecular flexibility index (Phi) is 6.93. The summed E-state index contributed by atoms with van der Waals surface area (Å²) >= 11 is 0. The number of alkyl halides is 3. The Hall–Kier alpha value is -4.14. The van der Waals surface area contributed by atoms with Gasteiger partial charge < -0.3 is 14.8 Å². The number of benzene rings is 2. The molecule has 38 heavy (non-hydrogen) atoms. The van der Waals surface area contributed by atoms with Crippen molar-refractivity contribution in [2.24, 2.45) is 5.92 Å². The van der Waals surface area contributed by atoms with Crippen LogP contribution in [0.25, 0.3) is 16.8 Å². The van der Waals surface area contributed by atoms with Crippen molar-refractivity contribution in [1.82, 2.24) is 9.38 Å². The number of amides is 1. The van der Waals surface area contributed by atoms with Gasteiger partial charge in [-0.2, -0.15) is 13.2 Å². The summed E-state index contributed by atoms with van der Waals surface area (Å²) in [5.41, 5.74) is 3.01. The Bertz CT molecular complexity index is 1470. The Morgan fingerprint density at radius 2 is 1.66 bits per heavy atom. The molecule has 2 aromatic carbocycles. The zero-order chi connectivity index (χ0) is 26.9. The monoisotopic (exact) mass is 521 g/mol. The summed E-state index contributed by atoms with van der Waals surface area (Å²) in [6.45, 7) is 0. The van der Waals surface area contributed by atoms with Crippen LogP contribution in [0, 0.1) is 5.92 Å². The van der Waals surface area contributed by atoms with Gasteiger partial charge in [-0.25, -0.2) is 4.98 Å². The summed E-state index contributed by atoms with van der Waals surface area (Å²) in [6.07, 6.45) is 2.99. The predicted octanol–water partition coefficient (Wildman–Crippen LogP) is 7.02. The molecule has 1 fully saturated rings. The SMILES string of the molecule is O=C(O)C[C@H]1CC[C@H](c2ccc(-c3ccc4nc(C(=O)Nc5cccc(C(F)(F)F)c5)cn4c3)cc2)CC1. The van der Waals surface area contributed by atoms with Gasteiger partial charge in [-0.1, -0.05) is 30.3 Å². The molecule has 0 atom stereocenters. The fourth-order valence-corrected chi connectivity index (χ4v) is 5.13. The Balaban J connectivity index is 1.27. The number of hydrogen-bond donors (Lipinski definition) is 2. The predicted molar refractivity (Wildman–Crippen MR) is 137 cm³/mol. The number of imidazole rings is 1. The topological polar surface area (TPSA) is 83.7 Å². The second-order valence-electron chi connectivity index (χ2n) is 9.78. The molecule has 9 heteroatoms. The molecular formula is C29H26F3N3O3. The van der Waals surface area contributed by atoms with Crippen LogP contribution in [0.15, 0.2) is 73.1 Å². The summed E-state index contributed by atoms with van der Waals surface area (Å²) in [4.78, 5) is 27.9. The fraction of sp³-hybridized carbons (Fsp3) is 0.276. The van der Waals surface area contributed by atoms with Crippen LogP contribution in [0.2, 0.25) is 0 Å². The molecule has 1 aliphatic carbocycles. The lowest BCUT2D eigenvalue weighted by Crippen LogP contribution is -2.16. The van der Waals surface area contributed by atoms with E-state index in [9.17, 15) is 22.8 Å². The van der Waals surface area contributed by atoms with Crippen LogP contribution >= 0.6 is 0 Å². The van der Waals surface area contributed by atoms with Gasteiger partial charge in [0.25, 0.3) is 5.91 Å². The Morgan fingerprint density at radius 3 is 2.34 bits per heavy atom. The highest BCUT2D eigenvalue weighted by molar-refractivity contribution is 6.03. The zero-order valence-electron chi connectivity index (χ0n) is 20.4. The molecule has 0 saturated heterocycles. The van der Waals surface area contributed by atoms with Crippen LogP contribution in [0.5, 0.6) is 0 Å². The summed E-state index contributed by atoms with van der Waals surface area (Å²) in [7, 11) is 0. The van der Waals surface area contributed by atoms with E-state index in [0.29, 0.717) is 11.6 Å². The quantitative estimate of drug-likeness (QED) is 0.286. The molecule has 4 aromatic rings. The van der Waals surface area contributed by atoms with Crippen molar-refractivity contribution in [3.8, 4) is 11.1 Å². The lowest BCUT2D eigenvalue weighted by molar-refractivity contribution is -0.139. The van der Waals surface area contributed by atoms with Crippen molar-refractivity contribution in [2.45, 2.75) is 44.2 Å². The van der Waals surface area contributed by atoms with Crippen molar-refractivity contribution in [3.63, 3.8) is 0 Å². The number of anilines is 1. The molecule has 6 nitrogen and oxygen atoms in total. The molecule has 0 unspecified atom stereocenters. The number of pyridine rings is 1. The second-order valence-corrected chi connectivity index (χ2v) is 9.78. The van der Waals surface area contributed by atoms with Crippen LogP contribution in [0.3, 0.4) is 0 Å². The number of hydrogen-bond acceptors (Lipinski definition) is 3. The van der Waals surface area contributed by atoms with E-state index in [1.807, 2.05) is 12.3 Å². The maximum atomic E-state index is 13.0. The number of aliphatic carboxylic acids is 1. The van der Waals surface area contributed by atoms with E-state index in [1.54, 1.807) is 16.7 Å². The van der Waals surface area contributed by atoms with Crippen molar-refractivity contribution < 1.29 is 27.9 Å². The van der Waals surface area contributed by atoms with E-state index >= 15 is 0 Å². The first-order chi connectivity index (χ1) is 18.2. The van der Waals surface area contributed by atoms with Crippen LogP contribution < -0.4 is 5.32 Å². The number of halogens is 3. The Labute approximate surface area is 217 Å². The third kappa shape index (κ3) is 5.72. The number of carboxylic acid groups (broad SMARTS) is 1. The van der Waals surface area contributed by atoms with Gasteiger partial charge in [0.2, 0.25) is 0 Å². The van der Waals surface area contributed by atoms with E-state index in [-0.39, 0.29) is 23.7 Å². The lowest BCUT2D eigenvalue weighted by atomic mass is 9.77. The average molecular weight is 522 g/mol. The van der Waals surface area contributed by atoms with Crippen molar-refractivity contribution in [3.05, 3.63) is 89.9 Å². The second kappa shape index (κ2) is 10.3. The van der Waals surface area contributed by atoms with Crippen LogP contribution in [-0.2, 0) is 11.0 Å². The molecule has 1 aliphatic rings. The maximum Gasteiger partial charge on any atom is 0.416 e. The van der Waals surface area contributed by atoms with E-state index in [4.69, 9.17) is 5.11 Å². The molecule has 2 aromatic heterocycles. The first-order valence-corrected chi connectivity index (χ1v) is 12.5. The smallest absolute Gasteiger partial charge is 0.416 e. The molecule has 1 saturated carbocycles. The summed E-state index contributed by atoms with van der Waals surface area (Å²) < 4.78 is 40.6. The van der Waals surface area contributed by atoms with E-state index in [1.165, 1.54) is 17.7 Å². The summed E-state index contributed by atoms with van der Waals surface area (Å²) in [6, 6.07) is 16.5. The largest absolute Gasteiger partial charge is 0.481 e. The molecule has 0 bridgehead atoms. The maximum absolute atomic E-state index is 13.0. The van der Waals surface area contributed by atoms with Crippen LogP contribution in [0.4, 0.5) is 18.9 Å². The summed E-state index contributed by atoms with van der Waals surface area (Å²) in [5, 5.41) is 11.5. The molecule has 196 valence electrons. The van der Waals surface area contributed by atoms with Crippen molar-refractivity contribution in [1.29, 1.82) is 0 Å². The van der Waals surface area contributed by atoms with E-state index < -0.39 is 23.6 Å². The van der Waals surface area contributed by atoms with Gasteiger partial charge >= 0.3 is 12.1 Å². The third-order valence-electron chi connectivity index (χ3n) is 7.16. The third-order valence-corrected chi connectivity index (χ3v) is 7.16. The number of rotatable bonds is 6. The normalized spacial score (nSPS) is 17.9. The zero-order valence-corrected chi connectivity index (χ0v) is 20.4. The molecule has 0 spiro atoms. The standard InChI is InChI=1S/C29H26F3N3O3/c30-29(31,32)23-2-1-3-24(15-23)33-28(38)25-17-35-16-22(12-13-26(35)34-25)21-10-8-20(9-11-21)19-6-4-18(5-7-19)14-27(36)37/h1-3,8-13,15-19H,4-7,14H2,(H,33,38)(H,36,37)/t18-,19-. The fourth-order valence-electron chi connectivity index (χ4n) is 5.13. The van der Waals surface area contributed by atoms with Gasteiger partial charge in [0.05, 0.1) is 5.56 Å². The minimum absolute atomic E-state index is 0.0398. The molecule has 2 heterocycles. The molecular weight excluding hydrogens is 495 g/mol. The Morgan fingerprint density at radius 1 is 0.947 bits per heavy atom. The minimum atomic E-state index is -4.50. The molecule has 2 N–H and O–H groups in total. The van der Waals surface area contributed by atoms with Crippen LogP contribution in [0.1, 0.15) is 59.6 Å². The highest BCUT2D eigenvalue weighted by Gasteiger charge is 2.30. The highest BCUT2D eigenvalue weighted by Crippen LogP contribution is 2.37. The van der Waals surface area contributed by atoms with Crippen LogP contribution in [-0.4, -0.2) is 26.4 Å². The van der Waals surface area contributed by atoms with Gasteiger partial charge in [0, 0.05) is 24.5 Å². The lowest BCUT2D eigenvalue weighted by Gasteiger charge is -2.28. The van der Waals surface area contributed by atoms with Gasteiger partial charge in [-0.05, 0) is 84.5 Å². The molecule has 0 radical (unpaired) electrons. The number of carbonyl (C=O) groups is 2. The molecule has 5 rings (SSSR count). The van der Waals surface area contributed by atoms with E-state index in [2.05, 4.69) is 34.6 Å². The first kappa shape index (κ1) is 25.5. The first-order valence-electron chi connectivity index (χ1n) is 12.5. The van der Waals surface area contributed by atoms with Gasteiger partial charge in [0.15, 0.2) is 0 Å². The number of fused-ring (bicyclic) bond motifs is 1. The number of nitrogens with one attached hydrogen (secondary N) is 1. The van der Waals surface area contributed by atoms with Crippen molar-refractivity contribution in [2.75, 3.05) is 5.32 Å². The van der Waals surface area contributed by atoms with Gasteiger partial charge in [-0.15, -0.1) is 0 Å². The minimum Gasteiger partial charge on any atom is -0.481 e. The molecule has 0 aliphatic heterocycles. The van der Waals surface area contributed by atoms with Crippen molar-refractivity contribution >= 4 is 23.2 Å². The van der Waals surface area contributed by atoms with Gasteiger partial charge in [0.1, 0.15) is 11.3 Å². The number of aromatic nitrogens is 2. The van der Waals surface area contributed by atoms with E-state index in [0.717, 1.165) is 48.9 Å². The number of nitrogens with zero attached hydrogens (tertiary/aromatic N) is 2. The molecule has 1 amide bonds. The number of carboxylic acids is 1. The average Bonchev–Trinajstić information content (AvgIpc) is 3.32. The summed E-state index contributed by atoms with van der Waals surface area (Å²) in [5.74, 6) is -0.627. The van der Waals surface area contributed by atoms with Gasteiger partial charge in [-0.3, -0.25) is 9.59 Å². The highest BCUT2D eigenvalue weighted by atomic mass is 19.4. The number of carbonyl (C=O) groups excluding carboxylic acids is 1.